The topological polar surface area (TPSA) is 69.4 Å². The SMILES string of the molecule is CC(C)(C(=O)OCc1ccccc1)c1ccc(/C=C/C(N)=O)cc1. The smallest absolute Gasteiger partial charge is 0.316 e. The van der Waals surface area contributed by atoms with Crippen LogP contribution >= 0.6 is 0 Å². The van der Waals surface area contributed by atoms with Crippen LogP contribution in [0.15, 0.2) is 60.7 Å². The normalized spacial score (nSPS) is 11.4. The molecule has 4 nitrogen and oxygen atoms in total. The van der Waals surface area contributed by atoms with Gasteiger partial charge in [0.1, 0.15) is 6.61 Å². The molecule has 0 aliphatic rings. The van der Waals surface area contributed by atoms with Crippen LogP contribution in [0, 0.1) is 0 Å². The van der Waals surface area contributed by atoms with E-state index in [0.717, 1.165) is 16.7 Å². The van der Waals surface area contributed by atoms with Gasteiger partial charge in [-0.25, -0.2) is 0 Å². The fraction of sp³-hybridized carbons (Fsp3) is 0.200. The molecule has 24 heavy (non-hydrogen) atoms. The molecule has 0 bridgehead atoms. The van der Waals surface area contributed by atoms with Gasteiger partial charge in [0.15, 0.2) is 0 Å². The summed E-state index contributed by atoms with van der Waals surface area (Å²) in [5, 5.41) is 0. The van der Waals surface area contributed by atoms with Gasteiger partial charge in [-0.3, -0.25) is 9.59 Å². The largest absolute Gasteiger partial charge is 0.460 e. The van der Waals surface area contributed by atoms with E-state index in [-0.39, 0.29) is 12.6 Å². The van der Waals surface area contributed by atoms with Crippen LogP contribution in [0.2, 0.25) is 0 Å². The molecule has 124 valence electrons. The summed E-state index contributed by atoms with van der Waals surface area (Å²) in [6, 6.07) is 16.9. The summed E-state index contributed by atoms with van der Waals surface area (Å²) >= 11 is 0. The maximum Gasteiger partial charge on any atom is 0.316 e. The Bertz CT molecular complexity index is 731. The van der Waals surface area contributed by atoms with E-state index in [1.54, 1.807) is 6.08 Å². The van der Waals surface area contributed by atoms with Gasteiger partial charge in [0.25, 0.3) is 0 Å². The predicted molar refractivity (Wildman–Crippen MR) is 93.9 cm³/mol. The standard InChI is InChI=1S/C20H21NO3/c1-20(2,19(23)24-14-16-6-4-3-5-7-16)17-11-8-15(9-12-17)10-13-18(21)22/h3-13H,14H2,1-2H3,(H2,21,22)/b13-10+. The van der Waals surface area contributed by atoms with Crippen molar-refractivity contribution in [2.45, 2.75) is 25.9 Å². The van der Waals surface area contributed by atoms with Crippen molar-refractivity contribution in [1.29, 1.82) is 0 Å². The lowest BCUT2D eigenvalue weighted by Crippen LogP contribution is -2.31. The van der Waals surface area contributed by atoms with E-state index in [0.29, 0.717) is 0 Å². The molecule has 0 aromatic heterocycles. The van der Waals surface area contributed by atoms with Crippen LogP contribution < -0.4 is 5.73 Å². The fourth-order valence-corrected chi connectivity index (χ4v) is 2.21. The maximum absolute atomic E-state index is 12.4. The Hall–Kier alpha value is -2.88. The second-order valence-electron chi connectivity index (χ2n) is 6.04. The number of esters is 1. The molecule has 2 N–H and O–H groups in total. The lowest BCUT2D eigenvalue weighted by atomic mass is 9.84. The van der Waals surface area contributed by atoms with Crippen LogP contribution in [-0.4, -0.2) is 11.9 Å². The zero-order valence-electron chi connectivity index (χ0n) is 13.9. The molecule has 0 fully saturated rings. The van der Waals surface area contributed by atoms with Gasteiger partial charge in [0.05, 0.1) is 5.41 Å². The Morgan fingerprint density at radius 1 is 1.04 bits per heavy atom. The van der Waals surface area contributed by atoms with Gasteiger partial charge in [-0.05, 0) is 36.6 Å². The summed E-state index contributed by atoms with van der Waals surface area (Å²) in [6.07, 6.45) is 2.93. The Morgan fingerprint density at radius 3 is 2.25 bits per heavy atom. The molecule has 0 aliphatic carbocycles. The van der Waals surface area contributed by atoms with Gasteiger partial charge in [-0.2, -0.15) is 0 Å². The predicted octanol–water partition coefficient (Wildman–Crippen LogP) is 3.21. The van der Waals surface area contributed by atoms with E-state index in [2.05, 4.69) is 0 Å². The second-order valence-corrected chi connectivity index (χ2v) is 6.04. The van der Waals surface area contributed by atoms with Crippen molar-refractivity contribution in [2.75, 3.05) is 0 Å². The minimum Gasteiger partial charge on any atom is -0.460 e. The Kier molecular flexibility index (Phi) is 5.53. The van der Waals surface area contributed by atoms with Crippen molar-refractivity contribution in [3.05, 3.63) is 77.4 Å². The van der Waals surface area contributed by atoms with Crippen molar-refractivity contribution in [3.63, 3.8) is 0 Å². The van der Waals surface area contributed by atoms with E-state index < -0.39 is 11.3 Å². The number of primary amides is 1. The van der Waals surface area contributed by atoms with Gasteiger partial charge in [0, 0.05) is 6.08 Å². The van der Waals surface area contributed by atoms with E-state index in [4.69, 9.17) is 10.5 Å². The molecule has 0 saturated heterocycles. The highest BCUT2D eigenvalue weighted by Crippen LogP contribution is 2.26. The molecule has 1 amide bonds. The van der Waals surface area contributed by atoms with Crippen LogP contribution in [0.3, 0.4) is 0 Å². The summed E-state index contributed by atoms with van der Waals surface area (Å²) in [5.74, 6) is -0.782. The number of carbonyl (C=O) groups is 2. The first-order valence-electron chi connectivity index (χ1n) is 7.69. The molecule has 0 atom stereocenters. The first kappa shape index (κ1) is 17.5. The lowest BCUT2D eigenvalue weighted by Gasteiger charge is -2.23. The summed E-state index contributed by atoms with van der Waals surface area (Å²) in [4.78, 5) is 23.2. The molecule has 0 radical (unpaired) electrons. The lowest BCUT2D eigenvalue weighted by molar-refractivity contribution is -0.150. The first-order valence-corrected chi connectivity index (χ1v) is 7.69. The first-order chi connectivity index (χ1) is 11.4. The quantitative estimate of drug-likeness (QED) is 0.655. The average molecular weight is 323 g/mol. The van der Waals surface area contributed by atoms with E-state index in [9.17, 15) is 9.59 Å². The molecule has 0 aliphatic heterocycles. The third kappa shape index (κ3) is 4.56. The zero-order valence-corrected chi connectivity index (χ0v) is 13.9. The van der Waals surface area contributed by atoms with Crippen LogP contribution in [0.1, 0.15) is 30.5 Å². The van der Waals surface area contributed by atoms with Gasteiger partial charge in [0.2, 0.25) is 5.91 Å². The molecule has 2 aromatic carbocycles. The molecule has 0 spiro atoms. The molecule has 0 heterocycles. The molecule has 0 unspecified atom stereocenters. The van der Waals surface area contributed by atoms with Crippen LogP contribution in [0.5, 0.6) is 0 Å². The van der Waals surface area contributed by atoms with Gasteiger partial charge in [-0.1, -0.05) is 54.6 Å². The van der Waals surface area contributed by atoms with Crippen molar-refractivity contribution in [2.24, 2.45) is 5.73 Å². The number of carbonyl (C=O) groups excluding carboxylic acids is 2. The number of hydrogen-bond acceptors (Lipinski definition) is 3. The number of rotatable bonds is 6. The minimum absolute atomic E-state index is 0.253. The van der Waals surface area contributed by atoms with Crippen LogP contribution in [-0.2, 0) is 26.3 Å². The van der Waals surface area contributed by atoms with Crippen molar-refractivity contribution in [3.8, 4) is 0 Å². The number of ether oxygens (including phenoxy) is 1. The van der Waals surface area contributed by atoms with E-state index >= 15 is 0 Å². The molecular weight excluding hydrogens is 302 g/mol. The van der Waals surface area contributed by atoms with Gasteiger partial charge < -0.3 is 10.5 Å². The number of nitrogens with two attached hydrogens (primary N) is 1. The molecule has 4 heteroatoms. The van der Waals surface area contributed by atoms with Crippen molar-refractivity contribution >= 4 is 18.0 Å². The zero-order chi connectivity index (χ0) is 17.6. The van der Waals surface area contributed by atoms with Crippen molar-refractivity contribution in [1.82, 2.24) is 0 Å². The van der Waals surface area contributed by atoms with Crippen LogP contribution in [0.4, 0.5) is 0 Å². The van der Waals surface area contributed by atoms with Crippen LogP contribution in [0.25, 0.3) is 6.08 Å². The second kappa shape index (κ2) is 7.59. The average Bonchev–Trinajstić information content (AvgIpc) is 2.59. The van der Waals surface area contributed by atoms with Gasteiger partial charge >= 0.3 is 5.97 Å². The van der Waals surface area contributed by atoms with E-state index in [1.165, 1.54) is 6.08 Å². The Balaban J connectivity index is 2.05. The summed E-state index contributed by atoms with van der Waals surface area (Å²) in [6.45, 7) is 3.91. The third-order valence-corrected chi connectivity index (χ3v) is 3.80. The van der Waals surface area contributed by atoms with Crippen molar-refractivity contribution < 1.29 is 14.3 Å². The molecular formula is C20H21NO3. The summed E-state index contributed by atoms with van der Waals surface area (Å²) in [7, 11) is 0. The molecule has 2 rings (SSSR count). The molecule has 0 saturated carbocycles. The maximum atomic E-state index is 12.4. The Labute approximate surface area is 141 Å². The molecule has 2 aromatic rings. The number of benzene rings is 2. The number of hydrogen-bond donors (Lipinski definition) is 1. The highest BCUT2D eigenvalue weighted by molar-refractivity contribution is 5.90. The third-order valence-electron chi connectivity index (χ3n) is 3.80. The Morgan fingerprint density at radius 2 is 1.67 bits per heavy atom. The highest BCUT2D eigenvalue weighted by atomic mass is 16.5. The fourth-order valence-electron chi connectivity index (χ4n) is 2.21. The summed E-state index contributed by atoms with van der Waals surface area (Å²) < 4.78 is 5.44. The van der Waals surface area contributed by atoms with Gasteiger partial charge in [-0.15, -0.1) is 0 Å². The summed E-state index contributed by atoms with van der Waals surface area (Å²) in [5.41, 5.74) is 6.95. The van der Waals surface area contributed by atoms with E-state index in [1.807, 2.05) is 68.4 Å². The minimum atomic E-state index is -0.763. The highest BCUT2D eigenvalue weighted by Gasteiger charge is 2.31. The monoisotopic (exact) mass is 323 g/mol. The number of amides is 1.